The summed E-state index contributed by atoms with van der Waals surface area (Å²) in [5.74, 6) is 0.849. The number of ether oxygens (including phenoxy) is 1. The van der Waals surface area contributed by atoms with Gasteiger partial charge >= 0.3 is 0 Å². The summed E-state index contributed by atoms with van der Waals surface area (Å²) in [6, 6.07) is 7.94. The Morgan fingerprint density at radius 1 is 1.36 bits per heavy atom. The second-order valence-corrected chi connectivity index (χ2v) is 5.11. The van der Waals surface area contributed by atoms with Gasteiger partial charge in [0.15, 0.2) is 0 Å². The third-order valence-corrected chi connectivity index (χ3v) is 3.56. The van der Waals surface area contributed by atoms with Gasteiger partial charge in [-0.1, -0.05) is 12.1 Å². The summed E-state index contributed by atoms with van der Waals surface area (Å²) in [5, 5.41) is 7.31. The lowest BCUT2D eigenvalue weighted by atomic mass is 10.1. The second-order valence-electron chi connectivity index (χ2n) is 5.11. The molecular formula is C16H21F2N3O. The largest absolute Gasteiger partial charge is 0.497 e. The topological polar surface area (TPSA) is 39.1 Å². The van der Waals surface area contributed by atoms with E-state index in [1.54, 1.807) is 13.3 Å². The second kappa shape index (κ2) is 7.89. The molecule has 2 aromatic rings. The minimum absolute atomic E-state index is 0.352. The number of rotatable bonds is 8. The molecule has 22 heavy (non-hydrogen) atoms. The number of benzene rings is 1. The average Bonchev–Trinajstić information content (AvgIpc) is 2.84. The first kappa shape index (κ1) is 16.4. The van der Waals surface area contributed by atoms with E-state index in [2.05, 4.69) is 16.5 Å². The van der Waals surface area contributed by atoms with Crippen LogP contribution in [0, 0.1) is 6.92 Å². The maximum Gasteiger partial charge on any atom is 0.257 e. The number of nitrogens with zero attached hydrogens (tertiary/aromatic N) is 2. The van der Waals surface area contributed by atoms with Crippen LogP contribution in [-0.4, -0.2) is 29.9 Å². The molecule has 120 valence electrons. The van der Waals surface area contributed by atoms with Crippen molar-refractivity contribution in [2.45, 2.75) is 32.9 Å². The van der Waals surface area contributed by atoms with Gasteiger partial charge in [-0.25, -0.2) is 8.78 Å². The molecule has 0 fully saturated rings. The molecule has 1 heterocycles. The van der Waals surface area contributed by atoms with E-state index in [4.69, 9.17) is 4.74 Å². The van der Waals surface area contributed by atoms with Crippen molar-refractivity contribution in [1.29, 1.82) is 0 Å². The van der Waals surface area contributed by atoms with Gasteiger partial charge in [0.2, 0.25) is 0 Å². The number of hydrogen-bond acceptors (Lipinski definition) is 3. The van der Waals surface area contributed by atoms with E-state index in [9.17, 15) is 8.78 Å². The van der Waals surface area contributed by atoms with Crippen molar-refractivity contribution >= 4 is 0 Å². The standard InChI is InChI=1S/C16H21F2N3O/c1-12-14(10-20-21(12)11-16(17)18)9-19-7-6-13-4-3-5-15(8-13)22-2/h3-5,8,10,16,19H,6-7,9,11H2,1-2H3. The lowest BCUT2D eigenvalue weighted by molar-refractivity contribution is 0.121. The quantitative estimate of drug-likeness (QED) is 0.762. The Kier molecular flexibility index (Phi) is 5.89. The summed E-state index contributed by atoms with van der Waals surface area (Å²) in [5.41, 5.74) is 2.93. The molecule has 0 saturated heterocycles. The Hall–Kier alpha value is -1.95. The highest BCUT2D eigenvalue weighted by Gasteiger charge is 2.10. The van der Waals surface area contributed by atoms with Gasteiger partial charge in [0.05, 0.1) is 13.3 Å². The minimum Gasteiger partial charge on any atom is -0.497 e. The summed E-state index contributed by atoms with van der Waals surface area (Å²) < 4.78 is 31.3. The zero-order valence-electron chi connectivity index (χ0n) is 12.9. The third kappa shape index (κ3) is 4.53. The molecule has 1 N–H and O–H groups in total. The van der Waals surface area contributed by atoms with Crippen LogP contribution in [0.25, 0.3) is 0 Å². The molecule has 0 saturated carbocycles. The smallest absolute Gasteiger partial charge is 0.257 e. The van der Waals surface area contributed by atoms with Crippen LogP contribution < -0.4 is 10.1 Å². The molecule has 0 radical (unpaired) electrons. The fourth-order valence-electron chi connectivity index (χ4n) is 2.26. The van der Waals surface area contributed by atoms with E-state index in [0.717, 1.165) is 30.0 Å². The Labute approximate surface area is 129 Å². The van der Waals surface area contributed by atoms with E-state index >= 15 is 0 Å². The summed E-state index contributed by atoms with van der Waals surface area (Å²) >= 11 is 0. The lowest BCUT2D eigenvalue weighted by Gasteiger charge is -2.07. The van der Waals surface area contributed by atoms with Crippen molar-refractivity contribution < 1.29 is 13.5 Å². The van der Waals surface area contributed by atoms with Gasteiger partial charge in [0, 0.05) is 17.8 Å². The van der Waals surface area contributed by atoms with Crippen molar-refractivity contribution in [3.05, 3.63) is 47.3 Å². The summed E-state index contributed by atoms with van der Waals surface area (Å²) in [4.78, 5) is 0. The minimum atomic E-state index is -2.38. The Morgan fingerprint density at radius 3 is 2.91 bits per heavy atom. The fourth-order valence-corrected chi connectivity index (χ4v) is 2.26. The molecule has 4 nitrogen and oxygen atoms in total. The van der Waals surface area contributed by atoms with Gasteiger partial charge in [-0.3, -0.25) is 4.68 Å². The van der Waals surface area contributed by atoms with E-state index in [1.165, 1.54) is 10.2 Å². The van der Waals surface area contributed by atoms with Gasteiger partial charge in [-0.15, -0.1) is 0 Å². The molecule has 1 aromatic carbocycles. The predicted molar refractivity (Wildman–Crippen MR) is 81.4 cm³/mol. The van der Waals surface area contributed by atoms with Gasteiger partial charge in [0.1, 0.15) is 12.3 Å². The van der Waals surface area contributed by atoms with E-state index < -0.39 is 6.43 Å². The molecule has 0 spiro atoms. The van der Waals surface area contributed by atoms with Crippen molar-refractivity contribution in [3.63, 3.8) is 0 Å². The predicted octanol–water partition coefficient (Wildman–Crippen LogP) is 2.80. The summed E-state index contributed by atoms with van der Waals surface area (Å²) in [6.45, 7) is 2.88. The fraction of sp³-hybridized carbons (Fsp3) is 0.438. The first-order valence-electron chi connectivity index (χ1n) is 7.23. The summed E-state index contributed by atoms with van der Waals surface area (Å²) in [7, 11) is 1.65. The first-order valence-corrected chi connectivity index (χ1v) is 7.23. The van der Waals surface area contributed by atoms with Gasteiger partial charge in [-0.2, -0.15) is 5.10 Å². The van der Waals surface area contributed by atoms with E-state index in [1.807, 2.05) is 25.1 Å². The van der Waals surface area contributed by atoms with Crippen LogP contribution in [0.3, 0.4) is 0 Å². The SMILES string of the molecule is COc1cccc(CCNCc2cnn(CC(F)F)c2C)c1. The molecule has 1 aromatic heterocycles. The molecule has 0 amide bonds. The highest BCUT2D eigenvalue weighted by atomic mass is 19.3. The monoisotopic (exact) mass is 309 g/mol. The number of aromatic nitrogens is 2. The van der Waals surface area contributed by atoms with Crippen LogP contribution in [0.15, 0.2) is 30.5 Å². The normalized spacial score (nSPS) is 11.1. The van der Waals surface area contributed by atoms with Crippen LogP contribution in [0.1, 0.15) is 16.8 Å². The zero-order chi connectivity index (χ0) is 15.9. The maximum absolute atomic E-state index is 12.4. The van der Waals surface area contributed by atoms with Crippen molar-refractivity contribution in [3.8, 4) is 5.75 Å². The molecule has 0 aliphatic heterocycles. The van der Waals surface area contributed by atoms with Crippen molar-refractivity contribution in [2.75, 3.05) is 13.7 Å². The Morgan fingerprint density at radius 2 is 2.18 bits per heavy atom. The van der Waals surface area contributed by atoms with E-state index in [0.29, 0.717) is 6.54 Å². The number of methoxy groups -OCH3 is 1. The van der Waals surface area contributed by atoms with Crippen molar-refractivity contribution in [2.24, 2.45) is 0 Å². The first-order chi connectivity index (χ1) is 10.6. The Bertz CT molecular complexity index is 599. The van der Waals surface area contributed by atoms with Gasteiger partial charge in [0.25, 0.3) is 6.43 Å². The molecule has 2 rings (SSSR count). The number of nitrogens with one attached hydrogen (secondary N) is 1. The Balaban J connectivity index is 1.80. The molecule has 0 aliphatic rings. The molecule has 6 heteroatoms. The van der Waals surface area contributed by atoms with Gasteiger partial charge in [-0.05, 0) is 37.6 Å². The molecule has 0 unspecified atom stereocenters. The van der Waals surface area contributed by atoms with Crippen LogP contribution in [0.5, 0.6) is 5.75 Å². The number of halogens is 2. The van der Waals surface area contributed by atoms with Crippen LogP contribution in [-0.2, 0) is 19.5 Å². The van der Waals surface area contributed by atoms with Crippen LogP contribution in [0.4, 0.5) is 8.78 Å². The third-order valence-electron chi connectivity index (χ3n) is 3.56. The maximum atomic E-state index is 12.4. The molecule has 0 aliphatic carbocycles. The lowest BCUT2D eigenvalue weighted by Crippen LogP contribution is -2.17. The number of alkyl halides is 2. The molecule has 0 bridgehead atoms. The number of hydrogen-bond donors (Lipinski definition) is 1. The highest BCUT2D eigenvalue weighted by molar-refractivity contribution is 5.28. The average molecular weight is 309 g/mol. The van der Waals surface area contributed by atoms with E-state index in [-0.39, 0.29) is 6.54 Å². The summed E-state index contributed by atoms with van der Waals surface area (Å²) in [6.07, 6.45) is 0.144. The molecular weight excluding hydrogens is 288 g/mol. The van der Waals surface area contributed by atoms with Gasteiger partial charge < -0.3 is 10.1 Å². The van der Waals surface area contributed by atoms with Crippen LogP contribution in [0.2, 0.25) is 0 Å². The molecule has 0 atom stereocenters. The zero-order valence-corrected chi connectivity index (χ0v) is 12.9. The van der Waals surface area contributed by atoms with Crippen LogP contribution >= 0.6 is 0 Å². The van der Waals surface area contributed by atoms with Crippen molar-refractivity contribution in [1.82, 2.24) is 15.1 Å². The highest BCUT2D eigenvalue weighted by Crippen LogP contribution is 2.13.